The fourth-order valence-corrected chi connectivity index (χ4v) is 2.23. The van der Waals surface area contributed by atoms with E-state index in [2.05, 4.69) is 4.98 Å². The fraction of sp³-hybridized carbons (Fsp3) is 0.462. The van der Waals surface area contributed by atoms with E-state index < -0.39 is 11.8 Å². The fourth-order valence-electron chi connectivity index (χ4n) is 2.23. The monoisotopic (exact) mass is 281 g/mol. The second-order valence-corrected chi connectivity index (χ2v) is 4.71. The second-order valence-electron chi connectivity index (χ2n) is 4.71. The molecular formula is C13H16FN3O3. The summed E-state index contributed by atoms with van der Waals surface area (Å²) in [6.45, 7) is 2.08. The highest BCUT2D eigenvalue weighted by atomic mass is 19.1. The van der Waals surface area contributed by atoms with Crippen LogP contribution >= 0.6 is 0 Å². The maximum atomic E-state index is 13.1. The highest BCUT2D eigenvalue weighted by Gasteiger charge is 2.21. The molecule has 2 heterocycles. The number of rotatable bonds is 3. The van der Waals surface area contributed by atoms with Crippen molar-refractivity contribution in [2.45, 2.75) is 6.42 Å². The van der Waals surface area contributed by atoms with Crippen LogP contribution in [0.5, 0.6) is 0 Å². The predicted molar refractivity (Wildman–Crippen MR) is 68.8 cm³/mol. The Morgan fingerprint density at radius 2 is 2.05 bits per heavy atom. The lowest BCUT2D eigenvalue weighted by atomic mass is 10.2. The Bertz CT molecular complexity index is 509. The van der Waals surface area contributed by atoms with E-state index in [0.29, 0.717) is 32.6 Å². The summed E-state index contributed by atoms with van der Waals surface area (Å²) in [6, 6.07) is 1.16. The first-order valence-corrected chi connectivity index (χ1v) is 6.40. The summed E-state index contributed by atoms with van der Waals surface area (Å²) < 4.78 is 13.1. The number of hydrogen-bond acceptors (Lipinski definition) is 4. The molecule has 1 fully saturated rings. The summed E-state index contributed by atoms with van der Waals surface area (Å²) in [4.78, 5) is 30.0. The molecule has 0 bridgehead atoms. The average Bonchev–Trinajstić information content (AvgIpc) is 2.63. The van der Waals surface area contributed by atoms with Gasteiger partial charge in [0.15, 0.2) is 0 Å². The Balaban J connectivity index is 1.99. The van der Waals surface area contributed by atoms with Crippen molar-refractivity contribution < 1.29 is 19.1 Å². The number of carboxylic acid groups (broad SMARTS) is 1. The van der Waals surface area contributed by atoms with Gasteiger partial charge in [-0.3, -0.25) is 19.5 Å². The van der Waals surface area contributed by atoms with E-state index in [4.69, 9.17) is 5.11 Å². The molecule has 0 spiro atoms. The minimum Gasteiger partial charge on any atom is -0.480 e. The number of nitrogens with zero attached hydrogens (tertiary/aromatic N) is 3. The van der Waals surface area contributed by atoms with Gasteiger partial charge in [0.05, 0.1) is 18.3 Å². The molecule has 1 N–H and O–H groups in total. The molecule has 0 radical (unpaired) electrons. The molecule has 0 aromatic carbocycles. The van der Waals surface area contributed by atoms with Gasteiger partial charge in [0.2, 0.25) is 0 Å². The first-order chi connectivity index (χ1) is 9.56. The zero-order valence-corrected chi connectivity index (χ0v) is 11.0. The van der Waals surface area contributed by atoms with Gasteiger partial charge in [-0.05, 0) is 12.5 Å². The highest BCUT2D eigenvalue weighted by Crippen LogP contribution is 2.09. The zero-order valence-electron chi connectivity index (χ0n) is 11.0. The number of carbonyl (C=O) groups excluding carboxylic acids is 1. The van der Waals surface area contributed by atoms with Crippen LogP contribution in [0, 0.1) is 5.82 Å². The van der Waals surface area contributed by atoms with Gasteiger partial charge in [0, 0.05) is 32.4 Å². The minimum absolute atomic E-state index is 0.0243. The van der Waals surface area contributed by atoms with Crippen LogP contribution in [0.3, 0.4) is 0 Å². The van der Waals surface area contributed by atoms with Crippen molar-refractivity contribution in [3.63, 3.8) is 0 Å². The van der Waals surface area contributed by atoms with Crippen LogP contribution < -0.4 is 0 Å². The lowest BCUT2D eigenvalue weighted by molar-refractivity contribution is -0.138. The van der Waals surface area contributed by atoms with Crippen molar-refractivity contribution >= 4 is 11.9 Å². The van der Waals surface area contributed by atoms with Crippen LogP contribution in [0.2, 0.25) is 0 Å². The van der Waals surface area contributed by atoms with Crippen molar-refractivity contribution in [3.05, 3.63) is 29.8 Å². The maximum absolute atomic E-state index is 13.1. The molecule has 1 amide bonds. The van der Waals surface area contributed by atoms with Crippen molar-refractivity contribution in [1.82, 2.24) is 14.8 Å². The molecule has 0 saturated carbocycles. The summed E-state index contributed by atoms with van der Waals surface area (Å²) in [5.74, 6) is -1.69. The third kappa shape index (κ3) is 3.74. The van der Waals surface area contributed by atoms with Gasteiger partial charge >= 0.3 is 5.97 Å². The van der Waals surface area contributed by atoms with Gasteiger partial charge in [-0.2, -0.15) is 0 Å². The number of aromatic nitrogens is 1. The normalized spacial score (nSPS) is 16.8. The van der Waals surface area contributed by atoms with Crippen LogP contribution in [0.15, 0.2) is 18.5 Å². The van der Waals surface area contributed by atoms with Crippen LogP contribution in [0.25, 0.3) is 0 Å². The van der Waals surface area contributed by atoms with Gasteiger partial charge in [-0.15, -0.1) is 0 Å². The average molecular weight is 281 g/mol. The van der Waals surface area contributed by atoms with Gasteiger partial charge < -0.3 is 10.0 Å². The van der Waals surface area contributed by atoms with E-state index in [1.54, 1.807) is 9.80 Å². The third-order valence-electron chi connectivity index (χ3n) is 3.19. The van der Waals surface area contributed by atoms with Gasteiger partial charge in [0.25, 0.3) is 5.91 Å². The van der Waals surface area contributed by atoms with E-state index >= 15 is 0 Å². The van der Waals surface area contributed by atoms with Crippen LogP contribution in [0.1, 0.15) is 16.8 Å². The van der Waals surface area contributed by atoms with Crippen molar-refractivity contribution in [1.29, 1.82) is 0 Å². The minimum atomic E-state index is -0.876. The number of pyridine rings is 1. The molecule has 20 heavy (non-hydrogen) atoms. The molecular weight excluding hydrogens is 265 g/mol. The number of carboxylic acids is 1. The molecule has 1 aromatic rings. The molecule has 2 rings (SSSR count). The summed E-state index contributed by atoms with van der Waals surface area (Å²) >= 11 is 0. The van der Waals surface area contributed by atoms with E-state index in [-0.39, 0.29) is 18.0 Å². The number of hydrogen-bond donors (Lipinski definition) is 1. The molecule has 6 nitrogen and oxygen atoms in total. The van der Waals surface area contributed by atoms with Gasteiger partial charge in [0.1, 0.15) is 5.82 Å². The Labute approximate surface area is 115 Å². The number of amides is 1. The molecule has 1 saturated heterocycles. The number of aliphatic carboxylic acids is 1. The lowest BCUT2D eigenvalue weighted by Crippen LogP contribution is -2.36. The van der Waals surface area contributed by atoms with E-state index in [0.717, 1.165) is 12.3 Å². The highest BCUT2D eigenvalue weighted by molar-refractivity contribution is 5.93. The number of carbonyl (C=O) groups is 2. The summed E-state index contributed by atoms with van der Waals surface area (Å²) in [7, 11) is 0. The van der Waals surface area contributed by atoms with E-state index in [9.17, 15) is 14.0 Å². The molecule has 108 valence electrons. The second kappa shape index (κ2) is 6.42. The molecule has 0 aliphatic carbocycles. The maximum Gasteiger partial charge on any atom is 0.317 e. The smallest absolute Gasteiger partial charge is 0.317 e. The SMILES string of the molecule is O=C(O)CN1CCCN(C(=O)c2cncc(F)c2)CC1. The first kappa shape index (κ1) is 14.4. The summed E-state index contributed by atoms with van der Waals surface area (Å²) in [5.41, 5.74) is 0.219. The Kier molecular flexibility index (Phi) is 4.62. The molecule has 7 heteroatoms. The zero-order chi connectivity index (χ0) is 14.5. The van der Waals surface area contributed by atoms with Crippen LogP contribution in [-0.4, -0.2) is 64.5 Å². The van der Waals surface area contributed by atoms with Crippen LogP contribution in [-0.2, 0) is 4.79 Å². The Morgan fingerprint density at radius 3 is 2.75 bits per heavy atom. The topological polar surface area (TPSA) is 73.7 Å². The molecule has 0 atom stereocenters. The first-order valence-electron chi connectivity index (χ1n) is 6.40. The Hall–Kier alpha value is -2.02. The van der Waals surface area contributed by atoms with Crippen molar-refractivity contribution in [2.24, 2.45) is 0 Å². The molecule has 1 aromatic heterocycles. The van der Waals surface area contributed by atoms with Crippen LogP contribution in [0.4, 0.5) is 4.39 Å². The summed E-state index contributed by atoms with van der Waals surface area (Å²) in [6.07, 6.45) is 3.08. The molecule has 1 aliphatic heterocycles. The molecule has 1 aliphatic rings. The third-order valence-corrected chi connectivity index (χ3v) is 3.19. The standard InChI is InChI=1S/C13H16FN3O3/c14-11-6-10(7-15-8-11)13(20)17-3-1-2-16(4-5-17)9-12(18)19/h6-8H,1-5,9H2,(H,18,19). The van der Waals surface area contributed by atoms with Crippen molar-refractivity contribution in [2.75, 3.05) is 32.7 Å². The van der Waals surface area contributed by atoms with E-state index in [1.807, 2.05) is 0 Å². The summed E-state index contributed by atoms with van der Waals surface area (Å²) in [5, 5.41) is 8.77. The molecule has 0 unspecified atom stereocenters. The van der Waals surface area contributed by atoms with Crippen molar-refractivity contribution in [3.8, 4) is 0 Å². The Morgan fingerprint density at radius 1 is 1.25 bits per heavy atom. The lowest BCUT2D eigenvalue weighted by Gasteiger charge is -2.21. The number of halogens is 1. The quantitative estimate of drug-likeness (QED) is 0.871. The van der Waals surface area contributed by atoms with Gasteiger partial charge in [-0.25, -0.2) is 4.39 Å². The van der Waals surface area contributed by atoms with Gasteiger partial charge in [-0.1, -0.05) is 0 Å². The predicted octanol–water partition coefficient (Wildman–Crippen LogP) is 0.453. The van der Waals surface area contributed by atoms with E-state index in [1.165, 1.54) is 6.20 Å². The largest absolute Gasteiger partial charge is 0.480 e.